The van der Waals surface area contributed by atoms with Gasteiger partial charge in [0, 0.05) is 12.6 Å². The van der Waals surface area contributed by atoms with Crippen molar-refractivity contribution in [3.05, 3.63) is 29.3 Å². The van der Waals surface area contributed by atoms with Crippen LogP contribution in [0.5, 0.6) is 5.75 Å². The summed E-state index contributed by atoms with van der Waals surface area (Å²) in [6, 6.07) is 7.04. The number of nitrogens with zero attached hydrogens (tertiary/aromatic N) is 1. The molecule has 0 unspecified atom stereocenters. The second-order valence-electron chi connectivity index (χ2n) is 5.54. The summed E-state index contributed by atoms with van der Waals surface area (Å²) in [6.07, 6.45) is 5.42. The van der Waals surface area contributed by atoms with Crippen LogP contribution in [0.3, 0.4) is 0 Å². The van der Waals surface area contributed by atoms with E-state index in [0.29, 0.717) is 6.54 Å². The minimum atomic E-state index is 0.372. The number of rotatable bonds is 5. The molecule has 0 heterocycles. The summed E-state index contributed by atoms with van der Waals surface area (Å²) in [5, 5.41) is 0. The van der Waals surface area contributed by atoms with Crippen LogP contribution in [0.25, 0.3) is 0 Å². The lowest BCUT2D eigenvalue weighted by atomic mass is 10.1. The van der Waals surface area contributed by atoms with Crippen LogP contribution in [-0.2, 0) is 6.54 Å². The number of nitrogens with two attached hydrogens (primary N) is 1. The van der Waals surface area contributed by atoms with Gasteiger partial charge in [-0.15, -0.1) is 0 Å². The first kappa shape index (κ1) is 15.9. The fourth-order valence-electron chi connectivity index (χ4n) is 3.10. The number of ether oxygens (including phenoxy) is 1. The summed E-state index contributed by atoms with van der Waals surface area (Å²) < 4.78 is 5.37. The molecule has 0 atom stereocenters. The molecular formula is C18H26N2O. The highest BCUT2D eigenvalue weighted by molar-refractivity contribution is 5.48. The summed E-state index contributed by atoms with van der Waals surface area (Å²) in [4.78, 5) is 2.58. The molecular weight excluding hydrogens is 260 g/mol. The SMILES string of the molecule is CCN(Cc1ccc(OC)c(C#CCN)c1)C1CCCC1. The van der Waals surface area contributed by atoms with E-state index in [9.17, 15) is 0 Å². The minimum absolute atomic E-state index is 0.372. The quantitative estimate of drug-likeness (QED) is 0.846. The van der Waals surface area contributed by atoms with Crippen LogP contribution in [-0.4, -0.2) is 31.1 Å². The fraction of sp³-hybridized carbons (Fsp3) is 0.556. The molecule has 2 N–H and O–H groups in total. The van der Waals surface area contributed by atoms with Crippen LogP contribution in [0.1, 0.15) is 43.7 Å². The summed E-state index contributed by atoms with van der Waals surface area (Å²) >= 11 is 0. The Kier molecular flexibility index (Phi) is 6.10. The Bertz CT molecular complexity index is 510. The predicted molar refractivity (Wildman–Crippen MR) is 87.3 cm³/mol. The minimum Gasteiger partial charge on any atom is -0.495 e. The molecule has 0 saturated heterocycles. The van der Waals surface area contributed by atoms with Gasteiger partial charge < -0.3 is 10.5 Å². The van der Waals surface area contributed by atoms with E-state index in [4.69, 9.17) is 10.5 Å². The Morgan fingerprint density at radius 1 is 1.33 bits per heavy atom. The maximum Gasteiger partial charge on any atom is 0.134 e. The average molecular weight is 286 g/mol. The number of hydrogen-bond donors (Lipinski definition) is 1. The molecule has 0 amide bonds. The highest BCUT2D eigenvalue weighted by atomic mass is 16.5. The molecule has 1 saturated carbocycles. The Labute approximate surface area is 128 Å². The number of hydrogen-bond acceptors (Lipinski definition) is 3. The molecule has 114 valence electrons. The lowest BCUT2D eigenvalue weighted by Gasteiger charge is -2.27. The van der Waals surface area contributed by atoms with Crippen LogP contribution >= 0.6 is 0 Å². The summed E-state index contributed by atoms with van der Waals surface area (Å²) in [5.74, 6) is 6.84. The largest absolute Gasteiger partial charge is 0.495 e. The second kappa shape index (κ2) is 8.07. The van der Waals surface area contributed by atoms with Gasteiger partial charge in [0.25, 0.3) is 0 Å². The summed E-state index contributed by atoms with van der Waals surface area (Å²) in [7, 11) is 1.68. The molecule has 0 bridgehead atoms. The van der Waals surface area contributed by atoms with Gasteiger partial charge in [0.15, 0.2) is 0 Å². The van der Waals surface area contributed by atoms with Gasteiger partial charge in [-0.05, 0) is 37.1 Å². The van der Waals surface area contributed by atoms with Gasteiger partial charge in [-0.1, -0.05) is 37.7 Å². The topological polar surface area (TPSA) is 38.5 Å². The molecule has 0 radical (unpaired) electrons. The fourth-order valence-corrected chi connectivity index (χ4v) is 3.10. The molecule has 0 aromatic heterocycles. The third-order valence-electron chi connectivity index (χ3n) is 4.22. The molecule has 1 aromatic rings. The molecule has 0 aliphatic heterocycles. The van der Waals surface area contributed by atoms with Crippen LogP contribution in [0.2, 0.25) is 0 Å². The first-order valence-electron chi connectivity index (χ1n) is 7.88. The Morgan fingerprint density at radius 2 is 2.10 bits per heavy atom. The maximum atomic E-state index is 5.47. The van der Waals surface area contributed by atoms with Crippen LogP contribution in [0.15, 0.2) is 18.2 Å². The van der Waals surface area contributed by atoms with Gasteiger partial charge in [0.2, 0.25) is 0 Å². The first-order valence-corrected chi connectivity index (χ1v) is 7.88. The molecule has 3 nitrogen and oxygen atoms in total. The number of benzene rings is 1. The highest BCUT2D eigenvalue weighted by Crippen LogP contribution is 2.26. The average Bonchev–Trinajstić information content (AvgIpc) is 3.04. The molecule has 0 spiro atoms. The number of methoxy groups -OCH3 is 1. The maximum absolute atomic E-state index is 5.47. The van der Waals surface area contributed by atoms with Crippen molar-refractivity contribution in [3.8, 4) is 17.6 Å². The van der Waals surface area contributed by atoms with Gasteiger partial charge in [-0.3, -0.25) is 4.90 Å². The van der Waals surface area contributed by atoms with Crippen LogP contribution in [0, 0.1) is 11.8 Å². The van der Waals surface area contributed by atoms with E-state index in [-0.39, 0.29) is 0 Å². The molecule has 1 fully saturated rings. The molecule has 1 aromatic carbocycles. The molecule has 2 rings (SSSR count). The van der Waals surface area contributed by atoms with E-state index in [2.05, 4.69) is 35.8 Å². The zero-order chi connectivity index (χ0) is 15.1. The van der Waals surface area contributed by atoms with Gasteiger partial charge >= 0.3 is 0 Å². The van der Waals surface area contributed by atoms with Gasteiger partial charge in [0.1, 0.15) is 5.75 Å². The van der Waals surface area contributed by atoms with Crippen molar-refractivity contribution in [2.24, 2.45) is 5.73 Å². The summed E-state index contributed by atoms with van der Waals surface area (Å²) in [5.41, 5.74) is 7.70. The zero-order valence-electron chi connectivity index (χ0n) is 13.2. The standard InChI is InChI=1S/C18H26N2O/c1-3-20(17-8-4-5-9-17)14-15-10-11-18(21-2)16(13-15)7-6-12-19/h10-11,13,17H,3-5,8-9,12,14,19H2,1-2H3. The third-order valence-corrected chi connectivity index (χ3v) is 4.22. The molecule has 3 heteroatoms. The van der Waals surface area contributed by atoms with E-state index in [1.165, 1.54) is 31.2 Å². The third kappa shape index (κ3) is 4.23. The van der Waals surface area contributed by atoms with Gasteiger partial charge in [-0.2, -0.15) is 0 Å². The van der Waals surface area contributed by atoms with Gasteiger partial charge in [0.05, 0.1) is 19.2 Å². The van der Waals surface area contributed by atoms with Crippen LogP contribution in [0.4, 0.5) is 0 Å². The van der Waals surface area contributed by atoms with Crippen molar-refractivity contribution in [2.75, 3.05) is 20.2 Å². The smallest absolute Gasteiger partial charge is 0.134 e. The molecule has 21 heavy (non-hydrogen) atoms. The van der Waals surface area contributed by atoms with E-state index in [1.54, 1.807) is 7.11 Å². The van der Waals surface area contributed by atoms with Gasteiger partial charge in [-0.25, -0.2) is 0 Å². The predicted octanol–water partition coefficient (Wildman–Crippen LogP) is 2.77. The van der Waals surface area contributed by atoms with Crippen molar-refractivity contribution < 1.29 is 4.74 Å². The van der Waals surface area contributed by atoms with E-state index < -0.39 is 0 Å². The second-order valence-corrected chi connectivity index (χ2v) is 5.54. The van der Waals surface area contributed by atoms with E-state index in [0.717, 1.165) is 30.4 Å². The molecule has 1 aliphatic carbocycles. The highest BCUT2D eigenvalue weighted by Gasteiger charge is 2.21. The Hall–Kier alpha value is -1.50. The van der Waals surface area contributed by atoms with Crippen molar-refractivity contribution in [1.29, 1.82) is 0 Å². The first-order chi connectivity index (χ1) is 10.3. The Morgan fingerprint density at radius 3 is 2.71 bits per heavy atom. The summed E-state index contributed by atoms with van der Waals surface area (Å²) in [6.45, 7) is 4.70. The van der Waals surface area contributed by atoms with Crippen molar-refractivity contribution >= 4 is 0 Å². The lowest BCUT2D eigenvalue weighted by molar-refractivity contribution is 0.200. The van der Waals surface area contributed by atoms with Crippen molar-refractivity contribution in [2.45, 2.75) is 45.2 Å². The van der Waals surface area contributed by atoms with Crippen molar-refractivity contribution in [3.63, 3.8) is 0 Å². The Balaban J connectivity index is 2.15. The molecule has 1 aliphatic rings. The van der Waals surface area contributed by atoms with E-state index >= 15 is 0 Å². The van der Waals surface area contributed by atoms with Crippen molar-refractivity contribution in [1.82, 2.24) is 4.90 Å². The normalized spacial score (nSPS) is 15.0. The van der Waals surface area contributed by atoms with Crippen LogP contribution < -0.4 is 10.5 Å². The zero-order valence-corrected chi connectivity index (χ0v) is 13.2. The monoisotopic (exact) mass is 286 g/mol. The lowest BCUT2D eigenvalue weighted by Crippen LogP contribution is -2.32. The van der Waals surface area contributed by atoms with E-state index in [1.807, 2.05) is 6.07 Å².